The predicted molar refractivity (Wildman–Crippen MR) is 79.1 cm³/mol. The van der Waals surface area contributed by atoms with E-state index in [-0.39, 0.29) is 10.6 Å². The van der Waals surface area contributed by atoms with Gasteiger partial charge in [0, 0.05) is 5.41 Å². The number of rotatable bonds is 1. The molecule has 0 aromatic heterocycles. The highest BCUT2D eigenvalue weighted by Gasteiger charge is 2.48. The van der Waals surface area contributed by atoms with E-state index in [1.165, 1.54) is 19.3 Å². The van der Waals surface area contributed by atoms with Crippen LogP contribution in [0.3, 0.4) is 0 Å². The van der Waals surface area contributed by atoms with Crippen molar-refractivity contribution in [2.45, 2.75) is 37.0 Å². The van der Waals surface area contributed by atoms with Gasteiger partial charge < -0.3 is 9.84 Å². The lowest BCUT2D eigenvalue weighted by Crippen LogP contribution is -2.39. The molecule has 1 aromatic rings. The normalized spacial score (nSPS) is 23.3. The molecule has 1 aliphatic carbocycles. The Hall–Kier alpha value is -1.62. The van der Waals surface area contributed by atoms with E-state index in [1.54, 1.807) is 12.1 Å². The van der Waals surface area contributed by atoms with Crippen LogP contribution in [0.5, 0.6) is 5.75 Å². The maximum Gasteiger partial charge on any atom is 0.249 e. The monoisotopic (exact) mass is 288 g/mol. The van der Waals surface area contributed by atoms with Gasteiger partial charge >= 0.3 is 0 Å². The summed E-state index contributed by atoms with van der Waals surface area (Å²) < 4.78 is 5.84. The molecule has 1 N–H and O–H groups in total. The number of phenols is 1. The fourth-order valence-corrected chi connectivity index (χ4v) is 4.30. The van der Waals surface area contributed by atoms with E-state index in [4.69, 9.17) is 4.74 Å². The highest BCUT2D eigenvalue weighted by molar-refractivity contribution is 8.03. The molecule has 3 aliphatic rings. The van der Waals surface area contributed by atoms with Crippen molar-refractivity contribution in [1.82, 2.24) is 5.01 Å². The number of hydrogen-bond acceptors (Lipinski definition) is 5. The van der Waals surface area contributed by atoms with Gasteiger partial charge in [-0.15, -0.1) is 5.10 Å². The van der Waals surface area contributed by atoms with E-state index in [9.17, 15) is 5.11 Å². The number of hydrazone groups is 1. The highest BCUT2D eigenvalue weighted by atomic mass is 32.2. The van der Waals surface area contributed by atoms with Gasteiger partial charge in [0.1, 0.15) is 10.6 Å². The molecule has 2 heterocycles. The first kappa shape index (κ1) is 12.1. The second-order valence-corrected chi connectivity index (χ2v) is 6.65. The van der Waals surface area contributed by atoms with Gasteiger partial charge in [0.05, 0.1) is 5.56 Å². The summed E-state index contributed by atoms with van der Waals surface area (Å²) >= 11 is 1.83. The number of benzene rings is 1. The van der Waals surface area contributed by atoms with E-state index in [0.29, 0.717) is 11.5 Å². The Bertz CT molecular complexity index is 606. The summed E-state index contributed by atoms with van der Waals surface area (Å²) in [4.78, 5) is 0.0414. The van der Waals surface area contributed by atoms with Crippen molar-refractivity contribution in [2.75, 3.05) is 0 Å². The Morgan fingerprint density at radius 1 is 1.20 bits per heavy atom. The topological polar surface area (TPSA) is 45.1 Å². The summed E-state index contributed by atoms with van der Waals surface area (Å²) in [5, 5.41) is 18.7. The second kappa shape index (κ2) is 4.45. The van der Waals surface area contributed by atoms with E-state index in [2.05, 4.69) is 10.5 Å². The van der Waals surface area contributed by atoms with Crippen LogP contribution in [0.4, 0.5) is 0 Å². The lowest BCUT2D eigenvalue weighted by atomic mass is 9.94. The van der Waals surface area contributed by atoms with Crippen LogP contribution >= 0.6 is 11.8 Å². The molecule has 0 radical (unpaired) electrons. The molecule has 1 fully saturated rings. The largest absolute Gasteiger partial charge is 0.507 e. The van der Waals surface area contributed by atoms with E-state index < -0.39 is 0 Å². The molecule has 1 spiro atoms. The van der Waals surface area contributed by atoms with Gasteiger partial charge in [-0.05, 0) is 25.0 Å². The standard InChI is InChI=1S/C15H16N2O2S/c18-12-7-3-2-6-11(12)14-16-17-13(19-14)10-20-15(17)8-4-1-5-9-15/h2-3,6-7,10,18H,1,4-5,8-9H2. The van der Waals surface area contributed by atoms with Gasteiger partial charge in [0.15, 0.2) is 0 Å². The van der Waals surface area contributed by atoms with Crippen molar-refractivity contribution in [3.63, 3.8) is 0 Å². The molecule has 0 saturated heterocycles. The number of hydrogen-bond donors (Lipinski definition) is 1. The van der Waals surface area contributed by atoms with Crippen molar-refractivity contribution in [2.24, 2.45) is 5.10 Å². The Kier molecular flexibility index (Phi) is 2.70. The fraction of sp³-hybridized carbons (Fsp3) is 0.400. The van der Waals surface area contributed by atoms with Gasteiger partial charge in [0.25, 0.3) is 0 Å². The van der Waals surface area contributed by atoms with Crippen LogP contribution in [0, 0.1) is 0 Å². The van der Waals surface area contributed by atoms with Gasteiger partial charge in [0.2, 0.25) is 11.8 Å². The maximum absolute atomic E-state index is 9.93. The minimum absolute atomic E-state index is 0.0414. The van der Waals surface area contributed by atoms with Crippen LogP contribution in [0.25, 0.3) is 0 Å². The first-order valence-electron chi connectivity index (χ1n) is 7.02. The third-order valence-electron chi connectivity index (χ3n) is 4.14. The lowest BCUT2D eigenvalue weighted by Gasteiger charge is -2.37. The number of thioether (sulfide) groups is 1. The Labute approximate surface area is 122 Å². The molecule has 20 heavy (non-hydrogen) atoms. The quantitative estimate of drug-likeness (QED) is 0.857. The van der Waals surface area contributed by atoms with Gasteiger partial charge in [-0.3, -0.25) is 0 Å². The molecule has 1 saturated carbocycles. The van der Waals surface area contributed by atoms with Crippen molar-refractivity contribution in [1.29, 1.82) is 0 Å². The second-order valence-electron chi connectivity index (χ2n) is 5.42. The Morgan fingerprint density at radius 3 is 2.80 bits per heavy atom. The Morgan fingerprint density at radius 2 is 2.00 bits per heavy atom. The third-order valence-corrected chi connectivity index (χ3v) is 5.47. The lowest BCUT2D eigenvalue weighted by molar-refractivity contribution is 0.150. The predicted octanol–water partition coefficient (Wildman–Crippen LogP) is 3.59. The van der Waals surface area contributed by atoms with Crippen molar-refractivity contribution < 1.29 is 9.84 Å². The first-order valence-corrected chi connectivity index (χ1v) is 7.90. The SMILES string of the molecule is Oc1ccccc1C1=NN2C(=CSC23CCCCC3)O1. The highest BCUT2D eigenvalue weighted by Crippen LogP contribution is 2.52. The molecule has 5 heteroatoms. The maximum atomic E-state index is 9.93. The molecule has 4 nitrogen and oxygen atoms in total. The van der Waals surface area contributed by atoms with Gasteiger partial charge in [-0.1, -0.05) is 43.2 Å². The fourth-order valence-electron chi connectivity index (χ4n) is 3.08. The van der Waals surface area contributed by atoms with Crippen molar-refractivity contribution in [3.8, 4) is 5.75 Å². The minimum Gasteiger partial charge on any atom is -0.507 e. The average molecular weight is 288 g/mol. The molecule has 104 valence electrons. The van der Waals surface area contributed by atoms with Crippen LogP contribution < -0.4 is 0 Å². The van der Waals surface area contributed by atoms with Crippen LogP contribution in [-0.2, 0) is 4.74 Å². The van der Waals surface area contributed by atoms with Crippen LogP contribution in [-0.4, -0.2) is 20.9 Å². The molecule has 0 atom stereocenters. The first-order chi connectivity index (χ1) is 9.78. The number of nitrogens with zero attached hydrogens (tertiary/aromatic N) is 2. The number of ether oxygens (including phenoxy) is 1. The minimum atomic E-state index is 0.0414. The summed E-state index contributed by atoms with van der Waals surface area (Å²) in [6, 6.07) is 7.17. The van der Waals surface area contributed by atoms with Gasteiger partial charge in [-0.2, -0.15) is 0 Å². The molecule has 4 rings (SSSR count). The zero-order valence-corrected chi connectivity index (χ0v) is 11.9. The molecule has 1 aromatic carbocycles. The smallest absolute Gasteiger partial charge is 0.249 e. The van der Waals surface area contributed by atoms with Gasteiger partial charge in [-0.25, -0.2) is 5.01 Å². The molecular weight excluding hydrogens is 272 g/mol. The molecule has 2 aliphatic heterocycles. The molecular formula is C15H16N2O2S. The van der Waals surface area contributed by atoms with E-state index in [0.717, 1.165) is 18.7 Å². The zero-order chi connectivity index (χ0) is 13.6. The zero-order valence-electron chi connectivity index (χ0n) is 11.1. The summed E-state index contributed by atoms with van der Waals surface area (Å²) in [5.74, 6) is 1.51. The average Bonchev–Trinajstić information content (AvgIpc) is 3.03. The molecule has 0 unspecified atom stereocenters. The van der Waals surface area contributed by atoms with Crippen LogP contribution in [0.1, 0.15) is 37.7 Å². The van der Waals surface area contributed by atoms with Crippen molar-refractivity contribution in [3.05, 3.63) is 41.1 Å². The molecule has 0 bridgehead atoms. The number of phenolic OH excluding ortho intramolecular Hbond substituents is 1. The summed E-state index contributed by atoms with van der Waals surface area (Å²) in [5.41, 5.74) is 0.652. The third kappa shape index (κ3) is 1.73. The number of para-hydroxylation sites is 1. The summed E-state index contributed by atoms with van der Waals surface area (Å²) in [7, 11) is 0. The van der Waals surface area contributed by atoms with Crippen LogP contribution in [0.15, 0.2) is 40.7 Å². The summed E-state index contributed by atoms with van der Waals surface area (Å²) in [6.07, 6.45) is 6.07. The number of fused-ring (bicyclic) bond motifs is 2. The summed E-state index contributed by atoms with van der Waals surface area (Å²) in [6.45, 7) is 0. The van der Waals surface area contributed by atoms with Crippen LogP contribution in [0.2, 0.25) is 0 Å². The Balaban J connectivity index is 1.68. The van der Waals surface area contributed by atoms with Crippen molar-refractivity contribution >= 4 is 17.7 Å². The molecule has 0 amide bonds. The van der Waals surface area contributed by atoms with E-state index >= 15 is 0 Å². The number of aromatic hydroxyl groups is 1. The van der Waals surface area contributed by atoms with E-state index in [1.807, 2.05) is 28.9 Å².